The maximum Gasteiger partial charge on any atom is 0.159 e. The van der Waals surface area contributed by atoms with Gasteiger partial charge in [-0.1, -0.05) is 187 Å². The fourth-order valence-corrected chi connectivity index (χ4v) is 13.6. The lowest BCUT2D eigenvalue weighted by molar-refractivity contribution is 0.0977. The van der Waals surface area contributed by atoms with Crippen molar-refractivity contribution < 1.29 is 8.83 Å². The van der Waals surface area contributed by atoms with Crippen LogP contribution in [0.5, 0.6) is 0 Å². The minimum atomic E-state index is -0.437. The van der Waals surface area contributed by atoms with E-state index >= 15 is 0 Å². The largest absolute Gasteiger partial charge is 0.454 e. The van der Waals surface area contributed by atoms with Crippen molar-refractivity contribution in [2.45, 2.75) is 47.0 Å². The maximum atomic E-state index is 6.74. The highest BCUT2D eigenvalue weighted by atomic mass is 16.3. The third kappa shape index (κ3) is 6.13. The zero-order valence-electron chi connectivity index (χ0n) is 42.0. The van der Waals surface area contributed by atoms with Gasteiger partial charge >= 0.3 is 0 Å². The van der Waals surface area contributed by atoms with Crippen LogP contribution in [0.3, 0.4) is 0 Å². The van der Waals surface area contributed by atoms with Gasteiger partial charge in [-0.2, -0.15) is 0 Å². The Kier molecular flexibility index (Phi) is 9.29. The van der Waals surface area contributed by atoms with Crippen LogP contribution < -0.4 is 9.80 Å². The fourth-order valence-electron chi connectivity index (χ4n) is 13.6. The molecule has 2 aromatic heterocycles. The molecule has 0 radical (unpaired) electrons. The Balaban J connectivity index is 1.02. The van der Waals surface area contributed by atoms with Gasteiger partial charge in [0.2, 0.25) is 0 Å². The second-order valence-electron chi connectivity index (χ2n) is 22.0. The SMILES string of the molecule is CC(C)(C)C1(C(C)(C)C)c2c(ccc3cc(N(c4ccccc4)c4cccc5c4oc4ccccc45)ccc23)-c2c1c1ccc(N(c3ccccc3)c3cccc4c3oc3ccccc34)cc1c1ccccc21. The zero-order chi connectivity index (χ0) is 49.4. The Morgan fingerprint density at radius 2 is 0.795 bits per heavy atom. The van der Waals surface area contributed by atoms with Crippen molar-refractivity contribution in [1.29, 1.82) is 0 Å². The molecule has 0 fully saturated rings. The second kappa shape index (κ2) is 15.7. The summed E-state index contributed by atoms with van der Waals surface area (Å²) in [6.45, 7) is 14.8. The van der Waals surface area contributed by atoms with E-state index in [1.54, 1.807) is 0 Å². The molecule has 0 bridgehead atoms. The van der Waals surface area contributed by atoms with Crippen molar-refractivity contribution in [2.24, 2.45) is 10.8 Å². The van der Waals surface area contributed by atoms with Crippen LogP contribution in [0.1, 0.15) is 52.7 Å². The molecule has 0 unspecified atom stereocenters. The van der Waals surface area contributed by atoms with E-state index in [4.69, 9.17) is 8.83 Å². The first-order chi connectivity index (χ1) is 35.5. The van der Waals surface area contributed by atoms with Gasteiger partial charge in [0.1, 0.15) is 11.2 Å². The molecule has 352 valence electrons. The monoisotopic (exact) mass is 942 g/mol. The van der Waals surface area contributed by atoms with Gasteiger partial charge in [0.15, 0.2) is 11.2 Å². The predicted molar refractivity (Wildman–Crippen MR) is 308 cm³/mol. The smallest absolute Gasteiger partial charge is 0.159 e. The Morgan fingerprint density at radius 3 is 1.34 bits per heavy atom. The summed E-state index contributed by atoms with van der Waals surface area (Å²) in [5.74, 6) is 0. The van der Waals surface area contributed by atoms with Crippen LogP contribution in [0.2, 0.25) is 0 Å². The van der Waals surface area contributed by atoms with Crippen LogP contribution >= 0.6 is 0 Å². The molecule has 13 aromatic rings. The molecule has 2 heterocycles. The molecule has 0 saturated heterocycles. The van der Waals surface area contributed by atoms with E-state index < -0.39 is 5.41 Å². The highest BCUT2D eigenvalue weighted by molar-refractivity contribution is 6.21. The number of nitrogens with zero attached hydrogens (tertiary/aromatic N) is 2. The van der Waals surface area contributed by atoms with Gasteiger partial charge in [0.05, 0.1) is 11.4 Å². The summed E-state index contributed by atoms with van der Waals surface area (Å²) in [6.07, 6.45) is 0. The second-order valence-corrected chi connectivity index (χ2v) is 22.0. The van der Waals surface area contributed by atoms with E-state index in [2.05, 4.69) is 258 Å². The minimum absolute atomic E-state index is 0.230. The fraction of sp³-hybridized carbons (Fsp3) is 0.130. The van der Waals surface area contributed by atoms with Crippen LogP contribution in [0, 0.1) is 10.8 Å². The molecular weight excluding hydrogens is 889 g/mol. The lowest BCUT2D eigenvalue weighted by atomic mass is 9.49. The molecule has 0 aliphatic heterocycles. The number of rotatable bonds is 6. The molecule has 14 rings (SSSR count). The lowest BCUT2D eigenvalue weighted by Crippen LogP contribution is -2.50. The molecule has 0 saturated carbocycles. The number of benzene rings is 11. The number of hydrogen-bond donors (Lipinski definition) is 0. The third-order valence-electron chi connectivity index (χ3n) is 16.1. The Labute approximate surface area is 425 Å². The first-order valence-corrected chi connectivity index (χ1v) is 25.6. The minimum Gasteiger partial charge on any atom is -0.454 e. The van der Waals surface area contributed by atoms with Crippen molar-refractivity contribution >= 4 is 110 Å². The van der Waals surface area contributed by atoms with Crippen molar-refractivity contribution in [3.63, 3.8) is 0 Å². The molecule has 11 aromatic carbocycles. The summed E-state index contributed by atoms with van der Waals surface area (Å²) >= 11 is 0. The first-order valence-electron chi connectivity index (χ1n) is 25.6. The number of furan rings is 2. The van der Waals surface area contributed by atoms with Crippen molar-refractivity contribution in [2.75, 3.05) is 9.80 Å². The van der Waals surface area contributed by atoms with E-state index in [-0.39, 0.29) is 10.8 Å². The average molecular weight is 943 g/mol. The molecular formula is C69H54N2O2. The Morgan fingerprint density at radius 1 is 0.329 bits per heavy atom. The summed E-state index contributed by atoms with van der Waals surface area (Å²) in [4.78, 5) is 4.74. The summed E-state index contributed by atoms with van der Waals surface area (Å²) < 4.78 is 13.5. The van der Waals surface area contributed by atoms with E-state index in [0.717, 1.165) is 78.0 Å². The van der Waals surface area contributed by atoms with Crippen LogP contribution in [0.25, 0.3) is 87.3 Å². The molecule has 4 heteroatoms. The topological polar surface area (TPSA) is 32.8 Å². The van der Waals surface area contributed by atoms with Crippen molar-refractivity contribution in [3.8, 4) is 11.1 Å². The van der Waals surface area contributed by atoms with Crippen LogP contribution in [-0.4, -0.2) is 0 Å². The van der Waals surface area contributed by atoms with Gasteiger partial charge in [-0.3, -0.25) is 0 Å². The normalized spacial score (nSPS) is 13.5. The molecule has 0 spiro atoms. The molecule has 1 aliphatic rings. The van der Waals surface area contributed by atoms with Crippen LogP contribution in [0.15, 0.2) is 227 Å². The Hall–Kier alpha value is -8.60. The third-order valence-corrected chi connectivity index (χ3v) is 16.1. The van der Waals surface area contributed by atoms with Gasteiger partial charge in [-0.25, -0.2) is 0 Å². The summed E-state index contributed by atoms with van der Waals surface area (Å²) in [6, 6.07) is 79.4. The van der Waals surface area contributed by atoms with E-state index in [0.29, 0.717) is 0 Å². The number of para-hydroxylation sites is 6. The molecule has 0 amide bonds. The lowest BCUT2D eigenvalue weighted by Gasteiger charge is -2.54. The van der Waals surface area contributed by atoms with Gasteiger partial charge in [0.25, 0.3) is 0 Å². The van der Waals surface area contributed by atoms with Gasteiger partial charge in [-0.05, 0) is 138 Å². The Bertz CT molecular complexity index is 4340. The molecule has 0 atom stereocenters. The van der Waals surface area contributed by atoms with E-state index in [1.165, 1.54) is 54.6 Å². The highest BCUT2D eigenvalue weighted by Crippen LogP contribution is 2.68. The van der Waals surface area contributed by atoms with Gasteiger partial charge < -0.3 is 18.6 Å². The average Bonchev–Trinajstić information content (AvgIpc) is 4.09. The van der Waals surface area contributed by atoms with E-state index in [9.17, 15) is 0 Å². The first kappa shape index (κ1) is 43.2. The molecule has 0 N–H and O–H groups in total. The summed E-state index contributed by atoms with van der Waals surface area (Å²) in [5.41, 5.74) is 14.4. The summed E-state index contributed by atoms with van der Waals surface area (Å²) in [7, 11) is 0. The number of anilines is 6. The van der Waals surface area contributed by atoms with Crippen LogP contribution in [0.4, 0.5) is 34.1 Å². The number of fused-ring (bicyclic) bond motifs is 16. The van der Waals surface area contributed by atoms with Gasteiger partial charge in [-0.15, -0.1) is 0 Å². The predicted octanol–water partition coefficient (Wildman–Crippen LogP) is 20.2. The highest BCUT2D eigenvalue weighted by Gasteiger charge is 2.59. The van der Waals surface area contributed by atoms with Gasteiger partial charge in [0, 0.05) is 49.7 Å². The number of hydrogen-bond acceptors (Lipinski definition) is 4. The van der Waals surface area contributed by atoms with E-state index in [1.807, 2.05) is 12.1 Å². The maximum absolute atomic E-state index is 6.74. The quantitative estimate of drug-likeness (QED) is 0.156. The molecule has 4 nitrogen and oxygen atoms in total. The van der Waals surface area contributed by atoms with Crippen molar-refractivity contribution in [3.05, 3.63) is 230 Å². The molecule has 73 heavy (non-hydrogen) atoms. The molecule has 1 aliphatic carbocycles. The van der Waals surface area contributed by atoms with Crippen molar-refractivity contribution in [1.82, 2.24) is 0 Å². The van der Waals surface area contributed by atoms with Crippen LogP contribution in [-0.2, 0) is 5.41 Å². The summed E-state index contributed by atoms with van der Waals surface area (Å²) in [5, 5.41) is 12.0. The standard InChI is InChI=1S/C69H54N2O2/c1-67(2,3)69(68(4,5)6)63-48-39-36-46(70(44-21-9-7-10-22-44)58-31-19-29-54-50-26-15-17-33-60(50)72-65(54)58)41-43(48)35-38-56(63)62-52-28-14-13-25-49(52)57-42-47(37-40-53(57)64(62)69)71(45-23-11-8-12-24-45)59-32-20-30-55-51-27-16-18-34-61(51)73-66(55)59/h7-42H,1-6H3. The zero-order valence-corrected chi connectivity index (χ0v) is 42.0.